The van der Waals surface area contributed by atoms with Gasteiger partial charge in [-0.05, 0) is 0 Å². The van der Waals surface area contributed by atoms with Gasteiger partial charge in [0.15, 0.2) is 5.08 Å². The smallest absolute Gasteiger partial charge is 1.00 e. The van der Waals surface area contributed by atoms with Gasteiger partial charge >= 0.3 is 29.9 Å². The van der Waals surface area contributed by atoms with Crippen LogP contribution in [-0.2, 0) is 19.7 Å². The van der Waals surface area contributed by atoms with Crippen LogP contribution in [0.4, 0.5) is 26.3 Å². The Hall–Kier alpha value is 0.0774. The van der Waals surface area contributed by atoms with E-state index in [9.17, 15) is 43.2 Å². The summed E-state index contributed by atoms with van der Waals surface area (Å²) in [4.78, 5) is 0. The summed E-state index contributed by atoms with van der Waals surface area (Å²) in [6, 6.07) is 0. The molecule has 0 bridgehead atoms. The van der Waals surface area contributed by atoms with Gasteiger partial charge in [-0.15, -0.1) is 0 Å². The summed E-state index contributed by atoms with van der Waals surface area (Å²) in [5, 5.41) is -3.03. The van der Waals surface area contributed by atoms with Crippen molar-refractivity contribution in [2.45, 2.75) is 11.0 Å². The van der Waals surface area contributed by atoms with Gasteiger partial charge in [0.05, 0.1) is 0 Å². The zero-order chi connectivity index (χ0) is 12.7. The van der Waals surface area contributed by atoms with E-state index < -0.39 is 35.8 Å². The molecule has 0 N–H and O–H groups in total. The molecular formula is C3H3F6LiO4S2. The second-order valence-electron chi connectivity index (χ2n) is 2.24. The van der Waals surface area contributed by atoms with Crippen LogP contribution in [0.3, 0.4) is 0 Å². The van der Waals surface area contributed by atoms with Crippen LogP contribution in [0.25, 0.3) is 0 Å². The Morgan fingerprint density at radius 1 is 0.750 bits per heavy atom. The predicted octanol–water partition coefficient (Wildman–Crippen LogP) is -2.07. The first kappa shape index (κ1) is 18.4. The van der Waals surface area contributed by atoms with Crippen molar-refractivity contribution in [2.24, 2.45) is 0 Å². The van der Waals surface area contributed by atoms with Crippen molar-refractivity contribution in [2.75, 3.05) is 5.08 Å². The Morgan fingerprint density at radius 3 is 1.06 bits per heavy atom. The summed E-state index contributed by atoms with van der Waals surface area (Å²) in [5.74, 6) is 0. The van der Waals surface area contributed by atoms with Crippen LogP contribution in [0, 0.1) is 0 Å². The van der Waals surface area contributed by atoms with Crippen LogP contribution in [0.1, 0.15) is 1.43 Å². The third-order valence-electron chi connectivity index (χ3n) is 1.02. The first-order valence-corrected chi connectivity index (χ1v) is 6.09. The largest absolute Gasteiger partial charge is 1.00 e. The van der Waals surface area contributed by atoms with Crippen molar-refractivity contribution < 1.29 is 63.5 Å². The summed E-state index contributed by atoms with van der Waals surface area (Å²) < 4.78 is 110. The molecule has 0 aromatic rings. The molecule has 0 saturated carbocycles. The normalized spacial score (nSPS) is 14.4. The molecule has 0 unspecified atom stereocenters. The topological polar surface area (TPSA) is 68.3 Å². The molecule has 0 aliphatic carbocycles. The first-order valence-electron chi connectivity index (χ1n) is 2.79. The minimum atomic E-state index is -6.35. The van der Waals surface area contributed by atoms with Crippen LogP contribution >= 0.6 is 0 Å². The van der Waals surface area contributed by atoms with E-state index in [0.717, 1.165) is 0 Å². The summed E-state index contributed by atoms with van der Waals surface area (Å²) in [6.45, 7) is 0. The average Bonchev–Trinajstić information content (AvgIpc) is 1.77. The van der Waals surface area contributed by atoms with Gasteiger partial charge in [-0.3, -0.25) is 0 Å². The zero-order valence-electron chi connectivity index (χ0n) is 8.42. The third-order valence-corrected chi connectivity index (χ3v) is 4.91. The van der Waals surface area contributed by atoms with Crippen molar-refractivity contribution in [1.82, 2.24) is 0 Å². The van der Waals surface area contributed by atoms with Gasteiger partial charge in [0.25, 0.3) is 19.7 Å². The Balaban J connectivity index is -0.000000980. The van der Waals surface area contributed by atoms with Crippen LogP contribution in [0.15, 0.2) is 0 Å². The first-order chi connectivity index (χ1) is 6.21. The minimum Gasteiger partial charge on any atom is -1.00 e. The van der Waals surface area contributed by atoms with Crippen LogP contribution in [-0.4, -0.2) is 32.9 Å². The maximum atomic E-state index is 11.5. The standard InChI is InChI=1S/C3H2F6O4S2.Li.H/c4-2(5,6)14(10,11)1-15(12,13)3(7,8)9;;/h1H2;;/q;+1;-1. The molecule has 0 aliphatic heterocycles. The zero-order valence-corrected chi connectivity index (χ0v) is 9.06. The molecule has 0 atom stereocenters. The van der Waals surface area contributed by atoms with Crippen molar-refractivity contribution in [3.05, 3.63) is 0 Å². The van der Waals surface area contributed by atoms with Gasteiger partial charge in [0.2, 0.25) is 0 Å². The summed E-state index contributed by atoms with van der Waals surface area (Å²) in [5.41, 5.74) is -12.1. The van der Waals surface area contributed by atoms with Gasteiger partial charge in [-0.1, -0.05) is 0 Å². The number of alkyl halides is 6. The van der Waals surface area contributed by atoms with Crippen LogP contribution < -0.4 is 18.9 Å². The van der Waals surface area contributed by atoms with E-state index in [-0.39, 0.29) is 20.3 Å². The Morgan fingerprint density at radius 2 is 0.938 bits per heavy atom. The van der Waals surface area contributed by atoms with E-state index in [1.165, 1.54) is 0 Å². The Labute approximate surface area is 99.5 Å². The fraction of sp³-hybridized carbons (Fsp3) is 1.00. The molecule has 0 radical (unpaired) electrons. The maximum Gasteiger partial charge on any atom is 1.00 e. The molecule has 0 aromatic carbocycles. The molecule has 0 heterocycles. The van der Waals surface area contributed by atoms with Gasteiger partial charge in [-0.25, -0.2) is 16.8 Å². The van der Waals surface area contributed by atoms with Gasteiger partial charge in [-0.2, -0.15) is 26.3 Å². The van der Waals surface area contributed by atoms with E-state index in [4.69, 9.17) is 0 Å². The molecular weight excluding hydrogens is 285 g/mol. The second kappa shape index (κ2) is 4.75. The summed E-state index contributed by atoms with van der Waals surface area (Å²) in [7, 11) is -12.7. The number of halogens is 6. The fourth-order valence-electron chi connectivity index (χ4n) is 0.338. The quantitative estimate of drug-likeness (QED) is 0.432. The number of hydrogen-bond acceptors (Lipinski definition) is 4. The molecule has 0 rings (SSSR count). The number of sulfone groups is 2. The van der Waals surface area contributed by atoms with Crippen molar-refractivity contribution in [1.29, 1.82) is 0 Å². The Kier molecular flexibility index (Phi) is 5.48. The molecule has 0 aromatic heterocycles. The van der Waals surface area contributed by atoms with E-state index >= 15 is 0 Å². The minimum absolute atomic E-state index is 0. The predicted molar refractivity (Wildman–Crippen MR) is 35.9 cm³/mol. The SMILES string of the molecule is O=S(=O)(CS(=O)(=O)C(F)(F)F)C(F)(F)F.[H-].[Li+]. The number of hydrogen-bond donors (Lipinski definition) is 0. The Bertz CT molecular complexity index is 393. The summed E-state index contributed by atoms with van der Waals surface area (Å²) >= 11 is 0. The molecule has 4 nitrogen and oxygen atoms in total. The number of rotatable bonds is 2. The van der Waals surface area contributed by atoms with Crippen molar-refractivity contribution in [3.63, 3.8) is 0 Å². The molecule has 0 saturated heterocycles. The van der Waals surface area contributed by atoms with E-state index in [1.54, 1.807) is 0 Å². The fourth-order valence-corrected chi connectivity index (χ4v) is 3.04. The molecule has 0 amide bonds. The average molecular weight is 288 g/mol. The monoisotopic (exact) mass is 288 g/mol. The maximum absolute atomic E-state index is 11.5. The molecule has 94 valence electrons. The van der Waals surface area contributed by atoms with Crippen molar-refractivity contribution in [3.8, 4) is 0 Å². The van der Waals surface area contributed by atoms with Crippen molar-refractivity contribution >= 4 is 19.7 Å². The second-order valence-corrected chi connectivity index (χ2v) is 6.57. The van der Waals surface area contributed by atoms with E-state index in [2.05, 4.69) is 0 Å². The molecule has 13 heteroatoms. The molecule has 0 fully saturated rings. The van der Waals surface area contributed by atoms with Crippen LogP contribution in [0.5, 0.6) is 0 Å². The van der Waals surface area contributed by atoms with Gasteiger partial charge < -0.3 is 1.43 Å². The van der Waals surface area contributed by atoms with Gasteiger partial charge in [0.1, 0.15) is 0 Å². The molecule has 0 spiro atoms. The third kappa shape index (κ3) is 4.15. The van der Waals surface area contributed by atoms with E-state index in [0.29, 0.717) is 0 Å². The van der Waals surface area contributed by atoms with Gasteiger partial charge in [0, 0.05) is 0 Å². The molecule has 16 heavy (non-hydrogen) atoms. The van der Waals surface area contributed by atoms with E-state index in [1.807, 2.05) is 0 Å². The summed E-state index contributed by atoms with van der Waals surface area (Å²) in [6.07, 6.45) is 0. The van der Waals surface area contributed by atoms with Crippen LogP contribution in [0.2, 0.25) is 0 Å². The molecule has 0 aliphatic rings.